The number of carbonyl (C=O) groups is 1. The average molecular weight is 388 g/mol. The number of aryl methyl sites for hydroxylation is 1. The summed E-state index contributed by atoms with van der Waals surface area (Å²) in [5.74, 6) is 0.531. The molecule has 0 unspecified atom stereocenters. The van der Waals surface area contributed by atoms with Crippen LogP contribution in [-0.2, 0) is 14.8 Å². The fourth-order valence-electron chi connectivity index (χ4n) is 3.01. The maximum atomic E-state index is 12.6. The van der Waals surface area contributed by atoms with Gasteiger partial charge >= 0.3 is 0 Å². The predicted octanol–water partition coefficient (Wildman–Crippen LogP) is 3.19. The molecule has 1 N–H and O–H groups in total. The Bertz CT molecular complexity index is 906. The summed E-state index contributed by atoms with van der Waals surface area (Å²) in [6.07, 6.45) is 1.95. The molecule has 0 atom stereocenters. The van der Waals surface area contributed by atoms with Gasteiger partial charge in [0.2, 0.25) is 15.9 Å². The summed E-state index contributed by atoms with van der Waals surface area (Å²) in [7, 11) is -3.50. The molecule has 0 radical (unpaired) electrons. The topological polar surface area (TPSA) is 75.7 Å². The van der Waals surface area contributed by atoms with Crippen LogP contribution in [0.1, 0.15) is 24.8 Å². The number of nitrogens with zero attached hydrogens (tertiary/aromatic N) is 1. The SMILES string of the molecule is Cc1ccccc1OCCC(=O)Nc1cccc(S(=O)(=O)N2CCCC2)c1. The minimum absolute atomic E-state index is 0.178. The van der Waals surface area contributed by atoms with Crippen LogP contribution in [0.25, 0.3) is 0 Å². The van der Waals surface area contributed by atoms with Crippen LogP contribution in [0.5, 0.6) is 5.75 Å². The Balaban J connectivity index is 1.57. The fourth-order valence-corrected chi connectivity index (χ4v) is 4.57. The Kier molecular flexibility index (Phi) is 6.13. The second-order valence-corrected chi connectivity index (χ2v) is 8.49. The van der Waals surface area contributed by atoms with Crippen molar-refractivity contribution in [3.63, 3.8) is 0 Å². The fraction of sp³-hybridized carbons (Fsp3) is 0.350. The summed E-state index contributed by atoms with van der Waals surface area (Å²) in [5, 5.41) is 2.74. The molecule has 0 bridgehead atoms. The molecule has 1 heterocycles. The number of benzene rings is 2. The molecule has 1 aliphatic heterocycles. The monoisotopic (exact) mass is 388 g/mol. The summed E-state index contributed by atoms with van der Waals surface area (Å²) in [4.78, 5) is 12.4. The van der Waals surface area contributed by atoms with Gasteiger partial charge in [0.25, 0.3) is 0 Å². The summed E-state index contributed by atoms with van der Waals surface area (Å²) in [5.41, 5.74) is 1.48. The molecular formula is C20H24N2O4S. The zero-order valence-corrected chi connectivity index (χ0v) is 16.2. The van der Waals surface area contributed by atoms with Gasteiger partial charge in [0.1, 0.15) is 5.75 Å². The highest BCUT2D eigenvalue weighted by molar-refractivity contribution is 7.89. The minimum atomic E-state index is -3.50. The molecule has 1 saturated heterocycles. The van der Waals surface area contributed by atoms with E-state index in [-0.39, 0.29) is 23.8 Å². The first-order valence-electron chi connectivity index (χ1n) is 9.05. The van der Waals surface area contributed by atoms with Crippen LogP contribution in [-0.4, -0.2) is 38.3 Å². The lowest BCUT2D eigenvalue weighted by Gasteiger charge is -2.16. The van der Waals surface area contributed by atoms with Crippen LogP contribution in [0.4, 0.5) is 5.69 Å². The molecule has 1 amide bonds. The van der Waals surface area contributed by atoms with Gasteiger partial charge in [-0.15, -0.1) is 0 Å². The van der Waals surface area contributed by atoms with Crippen molar-refractivity contribution in [1.82, 2.24) is 4.31 Å². The highest BCUT2D eigenvalue weighted by atomic mass is 32.2. The van der Waals surface area contributed by atoms with Crippen molar-refractivity contribution in [1.29, 1.82) is 0 Å². The number of ether oxygens (including phenoxy) is 1. The Labute approximate surface area is 160 Å². The largest absolute Gasteiger partial charge is 0.493 e. The number of rotatable bonds is 7. The van der Waals surface area contributed by atoms with Gasteiger partial charge in [-0.2, -0.15) is 4.31 Å². The first kappa shape index (κ1) is 19.4. The number of anilines is 1. The molecule has 2 aromatic rings. The molecule has 0 spiro atoms. The van der Waals surface area contributed by atoms with E-state index >= 15 is 0 Å². The number of nitrogens with one attached hydrogen (secondary N) is 1. The Hall–Kier alpha value is -2.38. The number of hydrogen-bond donors (Lipinski definition) is 1. The van der Waals surface area contributed by atoms with E-state index in [0.717, 1.165) is 24.2 Å². The van der Waals surface area contributed by atoms with E-state index in [4.69, 9.17) is 4.74 Å². The molecule has 0 aliphatic carbocycles. The number of amides is 1. The Morgan fingerprint density at radius 2 is 1.85 bits per heavy atom. The van der Waals surface area contributed by atoms with E-state index < -0.39 is 10.0 Å². The van der Waals surface area contributed by atoms with Crippen molar-refractivity contribution in [3.05, 3.63) is 54.1 Å². The van der Waals surface area contributed by atoms with E-state index in [1.807, 2.05) is 31.2 Å². The van der Waals surface area contributed by atoms with E-state index in [1.54, 1.807) is 18.2 Å². The molecule has 3 rings (SSSR count). The lowest BCUT2D eigenvalue weighted by atomic mass is 10.2. The number of carbonyl (C=O) groups excluding carboxylic acids is 1. The van der Waals surface area contributed by atoms with E-state index in [2.05, 4.69) is 5.32 Å². The maximum Gasteiger partial charge on any atom is 0.243 e. The molecule has 144 valence electrons. The highest BCUT2D eigenvalue weighted by Gasteiger charge is 2.27. The summed E-state index contributed by atoms with van der Waals surface area (Å²) < 4.78 is 32.4. The molecule has 7 heteroatoms. The molecule has 0 saturated carbocycles. The second kappa shape index (κ2) is 8.54. The van der Waals surface area contributed by atoms with Gasteiger partial charge in [0.05, 0.1) is 17.9 Å². The maximum absolute atomic E-state index is 12.6. The summed E-state index contributed by atoms with van der Waals surface area (Å²) in [6, 6.07) is 14.0. The van der Waals surface area contributed by atoms with Crippen LogP contribution in [0, 0.1) is 6.92 Å². The molecule has 27 heavy (non-hydrogen) atoms. The molecule has 6 nitrogen and oxygen atoms in total. The average Bonchev–Trinajstić information content (AvgIpc) is 3.19. The second-order valence-electron chi connectivity index (χ2n) is 6.55. The van der Waals surface area contributed by atoms with E-state index in [0.29, 0.717) is 18.8 Å². The summed E-state index contributed by atoms with van der Waals surface area (Å²) in [6.45, 7) is 3.30. The first-order valence-corrected chi connectivity index (χ1v) is 10.5. The minimum Gasteiger partial charge on any atom is -0.493 e. The lowest BCUT2D eigenvalue weighted by molar-refractivity contribution is -0.116. The third-order valence-corrected chi connectivity index (χ3v) is 6.40. The molecule has 1 aliphatic rings. The van der Waals surface area contributed by atoms with Crippen molar-refractivity contribution in [3.8, 4) is 5.75 Å². The van der Waals surface area contributed by atoms with Gasteiger partial charge in [-0.25, -0.2) is 8.42 Å². The summed E-state index contributed by atoms with van der Waals surface area (Å²) >= 11 is 0. The highest BCUT2D eigenvalue weighted by Crippen LogP contribution is 2.23. The smallest absolute Gasteiger partial charge is 0.243 e. The van der Waals surface area contributed by atoms with Crippen LogP contribution in [0.2, 0.25) is 0 Å². The van der Waals surface area contributed by atoms with Crippen molar-refractivity contribution in [2.24, 2.45) is 0 Å². The van der Waals surface area contributed by atoms with Crippen molar-refractivity contribution in [2.45, 2.75) is 31.1 Å². The van der Waals surface area contributed by atoms with Gasteiger partial charge in [-0.05, 0) is 49.6 Å². The van der Waals surface area contributed by atoms with Gasteiger partial charge in [-0.1, -0.05) is 24.3 Å². The van der Waals surface area contributed by atoms with E-state index in [9.17, 15) is 13.2 Å². The molecular weight excluding hydrogens is 364 g/mol. The van der Waals surface area contributed by atoms with Crippen molar-refractivity contribution < 1.29 is 17.9 Å². The zero-order chi connectivity index (χ0) is 19.3. The zero-order valence-electron chi connectivity index (χ0n) is 15.3. The Morgan fingerprint density at radius 1 is 1.11 bits per heavy atom. The predicted molar refractivity (Wildman–Crippen MR) is 104 cm³/mol. The lowest BCUT2D eigenvalue weighted by Crippen LogP contribution is -2.28. The third kappa shape index (κ3) is 4.87. The van der Waals surface area contributed by atoms with Gasteiger partial charge in [-0.3, -0.25) is 4.79 Å². The van der Waals surface area contributed by atoms with Gasteiger partial charge < -0.3 is 10.1 Å². The van der Waals surface area contributed by atoms with Crippen molar-refractivity contribution in [2.75, 3.05) is 25.0 Å². The van der Waals surface area contributed by atoms with Crippen molar-refractivity contribution >= 4 is 21.6 Å². The van der Waals surface area contributed by atoms with E-state index in [1.165, 1.54) is 10.4 Å². The first-order chi connectivity index (χ1) is 13.0. The van der Waals surface area contributed by atoms with Gasteiger partial charge in [0.15, 0.2) is 0 Å². The van der Waals surface area contributed by atoms with Gasteiger partial charge in [0, 0.05) is 18.8 Å². The number of hydrogen-bond acceptors (Lipinski definition) is 4. The van der Waals surface area contributed by atoms with Crippen LogP contribution in [0.3, 0.4) is 0 Å². The van der Waals surface area contributed by atoms with Crippen LogP contribution >= 0.6 is 0 Å². The van der Waals surface area contributed by atoms with Crippen LogP contribution < -0.4 is 10.1 Å². The normalized spacial score (nSPS) is 14.9. The third-order valence-electron chi connectivity index (χ3n) is 4.50. The standard InChI is InChI=1S/C20H24N2O4S/c1-16-7-2-3-10-19(16)26-14-11-20(23)21-17-8-6-9-18(15-17)27(24,25)22-12-4-5-13-22/h2-3,6-10,15H,4-5,11-14H2,1H3,(H,21,23). The van der Waals surface area contributed by atoms with Crippen LogP contribution in [0.15, 0.2) is 53.4 Å². The molecule has 1 fully saturated rings. The molecule has 0 aromatic heterocycles. The number of para-hydroxylation sites is 1. The molecule has 2 aromatic carbocycles. The Morgan fingerprint density at radius 3 is 2.59 bits per heavy atom. The number of sulfonamides is 1. The quantitative estimate of drug-likeness (QED) is 0.790.